The first kappa shape index (κ1) is 14.5. The number of benzene rings is 1. The van der Waals surface area contributed by atoms with Crippen molar-refractivity contribution in [3.05, 3.63) is 41.8 Å². The first-order valence-corrected chi connectivity index (χ1v) is 7.12. The van der Waals surface area contributed by atoms with E-state index in [1.807, 2.05) is 23.1 Å². The van der Waals surface area contributed by atoms with Gasteiger partial charge in [-0.05, 0) is 37.4 Å². The van der Waals surface area contributed by atoms with Gasteiger partial charge in [0.2, 0.25) is 5.89 Å². The van der Waals surface area contributed by atoms with Crippen LogP contribution in [0, 0.1) is 0 Å². The third kappa shape index (κ3) is 3.57. The van der Waals surface area contributed by atoms with E-state index in [4.69, 9.17) is 10.3 Å². The second-order valence-corrected chi connectivity index (χ2v) is 4.74. The molecular weight excluding hydrogens is 252 g/mol. The van der Waals surface area contributed by atoms with E-state index < -0.39 is 0 Å². The van der Waals surface area contributed by atoms with Crippen LogP contribution in [0.1, 0.15) is 37.8 Å². The molecule has 0 unspecified atom stereocenters. The van der Waals surface area contributed by atoms with Gasteiger partial charge in [0.25, 0.3) is 5.95 Å². The lowest BCUT2D eigenvalue weighted by Crippen LogP contribution is -2.23. The average molecular weight is 274 g/mol. The molecule has 5 heteroatoms. The number of rotatable bonds is 7. The van der Waals surface area contributed by atoms with Gasteiger partial charge in [-0.3, -0.25) is 0 Å². The number of aromatic nitrogens is 2. The molecule has 2 rings (SSSR count). The summed E-state index contributed by atoms with van der Waals surface area (Å²) in [5, 5.41) is 3.99. The fourth-order valence-corrected chi connectivity index (χ4v) is 2.10. The molecule has 1 aromatic heterocycles. The van der Waals surface area contributed by atoms with Crippen LogP contribution in [0.5, 0.6) is 0 Å². The van der Waals surface area contributed by atoms with Crippen LogP contribution in [0.15, 0.2) is 34.9 Å². The smallest absolute Gasteiger partial charge is 0.266 e. The van der Waals surface area contributed by atoms with Crippen LogP contribution in [0.3, 0.4) is 0 Å². The quantitative estimate of drug-likeness (QED) is 0.840. The standard InChI is InChI=1S/C15H22N4O/c1-3-19(4-2)15-17-14(20-18-15)13(16)11-10-12-8-6-5-7-9-12/h5-9,13H,3-4,10-11,16H2,1-2H3/t13-/m0/s1. The molecule has 0 aliphatic rings. The number of nitrogens with zero attached hydrogens (tertiary/aromatic N) is 3. The van der Waals surface area contributed by atoms with Crippen molar-refractivity contribution in [3.63, 3.8) is 0 Å². The lowest BCUT2D eigenvalue weighted by Gasteiger charge is -2.14. The molecule has 0 saturated heterocycles. The molecule has 20 heavy (non-hydrogen) atoms. The Labute approximate surface area is 119 Å². The Morgan fingerprint density at radius 2 is 1.90 bits per heavy atom. The Morgan fingerprint density at radius 1 is 1.20 bits per heavy atom. The number of hydrogen-bond donors (Lipinski definition) is 1. The number of nitrogens with two attached hydrogens (primary N) is 1. The van der Waals surface area contributed by atoms with E-state index in [0.717, 1.165) is 25.9 Å². The summed E-state index contributed by atoms with van der Waals surface area (Å²) in [7, 11) is 0. The topological polar surface area (TPSA) is 68.2 Å². The molecule has 1 heterocycles. The Morgan fingerprint density at radius 3 is 2.55 bits per heavy atom. The summed E-state index contributed by atoms with van der Waals surface area (Å²) in [6, 6.07) is 10.1. The molecule has 1 aromatic carbocycles. The van der Waals surface area contributed by atoms with Gasteiger partial charge in [0, 0.05) is 13.1 Å². The van der Waals surface area contributed by atoms with Gasteiger partial charge in [0.15, 0.2) is 0 Å². The molecular formula is C15H22N4O. The summed E-state index contributed by atoms with van der Waals surface area (Å²) in [5.41, 5.74) is 7.39. The van der Waals surface area contributed by atoms with E-state index >= 15 is 0 Å². The summed E-state index contributed by atoms with van der Waals surface area (Å²) in [4.78, 5) is 6.43. The Balaban J connectivity index is 1.94. The Hall–Kier alpha value is -1.88. The zero-order chi connectivity index (χ0) is 14.4. The van der Waals surface area contributed by atoms with E-state index in [-0.39, 0.29) is 6.04 Å². The first-order valence-electron chi connectivity index (χ1n) is 7.12. The van der Waals surface area contributed by atoms with Crippen LogP contribution in [-0.4, -0.2) is 23.2 Å². The largest absolute Gasteiger partial charge is 0.339 e. The van der Waals surface area contributed by atoms with Crippen molar-refractivity contribution in [1.29, 1.82) is 0 Å². The minimum atomic E-state index is -0.216. The number of hydrogen-bond acceptors (Lipinski definition) is 5. The second-order valence-electron chi connectivity index (χ2n) is 4.74. The van der Waals surface area contributed by atoms with Gasteiger partial charge in [0.05, 0.1) is 6.04 Å². The molecule has 0 saturated carbocycles. The second kappa shape index (κ2) is 7.05. The Bertz CT molecular complexity index is 508. The van der Waals surface area contributed by atoms with Crippen molar-refractivity contribution >= 4 is 5.95 Å². The highest BCUT2D eigenvalue weighted by Crippen LogP contribution is 2.18. The van der Waals surface area contributed by atoms with Crippen LogP contribution in [0.2, 0.25) is 0 Å². The first-order chi connectivity index (χ1) is 9.74. The van der Waals surface area contributed by atoms with Crippen LogP contribution in [0.4, 0.5) is 5.95 Å². The van der Waals surface area contributed by atoms with Gasteiger partial charge in [-0.25, -0.2) is 0 Å². The van der Waals surface area contributed by atoms with E-state index in [1.54, 1.807) is 0 Å². The summed E-state index contributed by atoms with van der Waals surface area (Å²) >= 11 is 0. The maximum atomic E-state index is 6.12. The molecule has 2 aromatic rings. The summed E-state index contributed by atoms with van der Waals surface area (Å²) in [6.07, 6.45) is 1.70. The van der Waals surface area contributed by atoms with Crippen molar-refractivity contribution < 1.29 is 4.52 Å². The molecule has 0 amide bonds. The van der Waals surface area contributed by atoms with Crippen LogP contribution in [-0.2, 0) is 6.42 Å². The average Bonchev–Trinajstić information content (AvgIpc) is 2.97. The molecule has 0 aliphatic heterocycles. The predicted octanol–water partition coefficient (Wildman–Crippen LogP) is 2.55. The molecule has 108 valence electrons. The highest BCUT2D eigenvalue weighted by Gasteiger charge is 2.17. The zero-order valence-electron chi connectivity index (χ0n) is 12.1. The molecule has 0 radical (unpaired) electrons. The fourth-order valence-electron chi connectivity index (χ4n) is 2.10. The van der Waals surface area contributed by atoms with Crippen LogP contribution < -0.4 is 10.6 Å². The zero-order valence-corrected chi connectivity index (χ0v) is 12.1. The lowest BCUT2D eigenvalue weighted by atomic mass is 10.1. The van der Waals surface area contributed by atoms with Gasteiger partial charge < -0.3 is 15.2 Å². The monoisotopic (exact) mass is 274 g/mol. The van der Waals surface area contributed by atoms with E-state index in [2.05, 4.69) is 36.1 Å². The number of anilines is 1. The minimum Gasteiger partial charge on any atom is -0.339 e. The molecule has 1 atom stereocenters. The van der Waals surface area contributed by atoms with Crippen molar-refractivity contribution in [3.8, 4) is 0 Å². The highest BCUT2D eigenvalue weighted by molar-refractivity contribution is 5.27. The van der Waals surface area contributed by atoms with E-state index in [1.165, 1.54) is 5.56 Å². The maximum absolute atomic E-state index is 6.12. The molecule has 2 N–H and O–H groups in total. The molecule has 0 fully saturated rings. The van der Waals surface area contributed by atoms with Gasteiger partial charge in [-0.15, -0.1) is 0 Å². The summed E-state index contributed by atoms with van der Waals surface area (Å²) in [6.45, 7) is 5.84. The molecule has 5 nitrogen and oxygen atoms in total. The third-order valence-electron chi connectivity index (χ3n) is 3.38. The lowest BCUT2D eigenvalue weighted by molar-refractivity contribution is 0.348. The minimum absolute atomic E-state index is 0.216. The maximum Gasteiger partial charge on any atom is 0.266 e. The van der Waals surface area contributed by atoms with Crippen molar-refractivity contribution in [1.82, 2.24) is 10.1 Å². The SMILES string of the molecule is CCN(CC)c1noc([C@@H](N)CCc2ccccc2)n1. The molecule has 0 spiro atoms. The summed E-state index contributed by atoms with van der Waals surface area (Å²) < 4.78 is 5.27. The molecule has 0 aliphatic carbocycles. The van der Waals surface area contributed by atoms with Crippen molar-refractivity contribution in [2.45, 2.75) is 32.7 Å². The van der Waals surface area contributed by atoms with Crippen LogP contribution in [0.25, 0.3) is 0 Å². The number of aryl methyl sites for hydroxylation is 1. The van der Waals surface area contributed by atoms with Gasteiger partial charge in [-0.1, -0.05) is 30.3 Å². The third-order valence-corrected chi connectivity index (χ3v) is 3.38. The van der Waals surface area contributed by atoms with E-state index in [9.17, 15) is 0 Å². The van der Waals surface area contributed by atoms with Gasteiger partial charge in [0.1, 0.15) is 0 Å². The van der Waals surface area contributed by atoms with Gasteiger partial charge >= 0.3 is 0 Å². The summed E-state index contributed by atoms with van der Waals surface area (Å²) in [5.74, 6) is 1.14. The fraction of sp³-hybridized carbons (Fsp3) is 0.467. The normalized spacial score (nSPS) is 12.3. The Kier molecular flexibility index (Phi) is 5.12. The predicted molar refractivity (Wildman–Crippen MR) is 79.6 cm³/mol. The van der Waals surface area contributed by atoms with Crippen LogP contribution >= 0.6 is 0 Å². The molecule has 0 bridgehead atoms. The van der Waals surface area contributed by atoms with Gasteiger partial charge in [-0.2, -0.15) is 4.98 Å². The van der Waals surface area contributed by atoms with Crippen molar-refractivity contribution in [2.75, 3.05) is 18.0 Å². The highest BCUT2D eigenvalue weighted by atomic mass is 16.5. The van der Waals surface area contributed by atoms with E-state index in [0.29, 0.717) is 11.8 Å². The van der Waals surface area contributed by atoms with Crippen molar-refractivity contribution in [2.24, 2.45) is 5.73 Å².